The van der Waals surface area contributed by atoms with Crippen molar-refractivity contribution in [1.82, 2.24) is 9.10 Å². The molecule has 0 saturated heterocycles. The average molecular weight is 376 g/mol. The first-order valence-corrected chi connectivity index (χ1v) is 10.4. The molecule has 3 rings (SSSR count). The van der Waals surface area contributed by atoms with Gasteiger partial charge in [0.15, 0.2) is 0 Å². The molecule has 0 fully saturated rings. The summed E-state index contributed by atoms with van der Waals surface area (Å²) >= 11 is 1.43. The van der Waals surface area contributed by atoms with Crippen LogP contribution in [-0.2, 0) is 10.0 Å². The van der Waals surface area contributed by atoms with Crippen molar-refractivity contribution in [3.63, 3.8) is 0 Å². The lowest BCUT2D eigenvalue weighted by Gasteiger charge is -2.09. The summed E-state index contributed by atoms with van der Waals surface area (Å²) in [7, 11) is -3.49. The van der Waals surface area contributed by atoms with E-state index in [0.717, 1.165) is 21.5 Å². The predicted octanol–water partition coefficient (Wildman–Crippen LogP) is 3.81. The second-order valence-electron chi connectivity index (χ2n) is 6.08. The second-order valence-corrected chi connectivity index (χ2v) is 8.65. The Bertz CT molecular complexity index is 948. The summed E-state index contributed by atoms with van der Waals surface area (Å²) in [5, 5.41) is 4.24. The van der Waals surface area contributed by atoms with Crippen molar-refractivity contribution in [2.45, 2.75) is 24.7 Å². The number of aromatic nitrogens is 1. The highest BCUT2D eigenvalue weighted by Gasteiger charge is 2.13. The van der Waals surface area contributed by atoms with Crippen LogP contribution in [-0.4, -0.2) is 25.9 Å². The van der Waals surface area contributed by atoms with Gasteiger partial charge in [-0.2, -0.15) is 4.37 Å². The summed E-state index contributed by atoms with van der Waals surface area (Å²) in [6.45, 7) is 4.92. The fraction of sp³-hybridized carbons (Fsp3) is 0.278. The Hall–Kier alpha value is -1.96. The van der Waals surface area contributed by atoms with E-state index >= 15 is 0 Å². The minimum absolute atomic E-state index is 0.288. The zero-order valence-electron chi connectivity index (χ0n) is 14.2. The topological polar surface area (TPSA) is 71.1 Å². The summed E-state index contributed by atoms with van der Waals surface area (Å²) in [5.41, 5.74) is 1.12. The van der Waals surface area contributed by atoms with E-state index in [4.69, 9.17) is 0 Å². The molecule has 0 amide bonds. The molecule has 0 aliphatic rings. The number of benzene rings is 2. The summed E-state index contributed by atoms with van der Waals surface area (Å²) in [6.07, 6.45) is 0. The Balaban J connectivity index is 1.57. The predicted molar refractivity (Wildman–Crippen MR) is 104 cm³/mol. The minimum atomic E-state index is -3.49. The van der Waals surface area contributed by atoms with Crippen molar-refractivity contribution in [3.05, 3.63) is 54.1 Å². The summed E-state index contributed by atoms with van der Waals surface area (Å²) in [6, 6.07) is 15.0. The molecule has 0 unspecified atom stereocenters. The first kappa shape index (κ1) is 17.8. The fourth-order valence-electron chi connectivity index (χ4n) is 2.49. The monoisotopic (exact) mass is 375 g/mol. The van der Waals surface area contributed by atoms with Gasteiger partial charge in [0.2, 0.25) is 10.0 Å². The maximum absolute atomic E-state index is 12.3. The van der Waals surface area contributed by atoms with Crippen molar-refractivity contribution in [2.75, 3.05) is 18.4 Å². The van der Waals surface area contributed by atoms with Crippen molar-refractivity contribution < 1.29 is 8.42 Å². The second kappa shape index (κ2) is 7.51. The molecule has 5 nitrogen and oxygen atoms in total. The average Bonchev–Trinajstić information content (AvgIpc) is 3.02. The van der Waals surface area contributed by atoms with E-state index < -0.39 is 10.0 Å². The summed E-state index contributed by atoms with van der Waals surface area (Å²) in [5.74, 6) is 1.17. The molecule has 132 valence electrons. The third-order valence-electron chi connectivity index (χ3n) is 3.94. The lowest BCUT2D eigenvalue weighted by atomic mass is 10.0. The smallest absolute Gasteiger partial charge is 0.240 e. The van der Waals surface area contributed by atoms with Crippen molar-refractivity contribution in [1.29, 1.82) is 0 Å². The van der Waals surface area contributed by atoms with Crippen LogP contribution in [0.15, 0.2) is 53.4 Å². The first-order valence-electron chi connectivity index (χ1n) is 8.15. The highest BCUT2D eigenvalue weighted by molar-refractivity contribution is 7.89. The molecule has 0 spiro atoms. The molecular weight excluding hydrogens is 354 g/mol. The Labute approximate surface area is 152 Å². The molecule has 7 heteroatoms. The van der Waals surface area contributed by atoms with Gasteiger partial charge in [0.25, 0.3) is 0 Å². The van der Waals surface area contributed by atoms with Gasteiger partial charge in [0.05, 0.1) is 9.60 Å². The Morgan fingerprint density at radius 1 is 1.04 bits per heavy atom. The maximum atomic E-state index is 12.3. The van der Waals surface area contributed by atoms with E-state index in [0.29, 0.717) is 19.0 Å². The van der Waals surface area contributed by atoms with Gasteiger partial charge in [0.1, 0.15) is 5.82 Å². The van der Waals surface area contributed by atoms with Gasteiger partial charge in [-0.1, -0.05) is 38.1 Å². The third kappa shape index (κ3) is 4.18. The van der Waals surface area contributed by atoms with Crippen LogP contribution >= 0.6 is 11.5 Å². The van der Waals surface area contributed by atoms with Gasteiger partial charge in [-0.15, -0.1) is 0 Å². The Morgan fingerprint density at radius 3 is 2.48 bits per heavy atom. The standard InChI is InChI=1S/C18H21N3O2S2/c1-13(2)14-7-9-15(10-8-14)25(22,23)20-12-11-19-18-16-5-3-4-6-17(16)24-21-18/h3-10,13,20H,11-12H2,1-2H3,(H,19,21). The first-order chi connectivity index (χ1) is 12.0. The number of nitrogens with zero attached hydrogens (tertiary/aromatic N) is 1. The van der Waals surface area contributed by atoms with Crippen LogP contribution in [0.25, 0.3) is 10.1 Å². The molecule has 0 bridgehead atoms. The van der Waals surface area contributed by atoms with Gasteiger partial charge in [-0.3, -0.25) is 0 Å². The zero-order valence-corrected chi connectivity index (χ0v) is 15.8. The van der Waals surface area contributed by atoms with E-state index in [-0.39, 0.29) is 4.90 Å². The van der Waals surface area contributed by atoms with Crippen LogP contribution in [0.3, 0.4) is 0 Å². The van der Waals surface area contributed by atoms with Gasteiger partial charge < -0.3 is 5.32 Å². The molecule has 1 heterocycles. The number of fused-ring (bicyclic) bond motifs is 1. The number of rotatable bonds is 7. The lowest BCUT2D eigenvalue weighted by molar-refractivity contribution is 0.583. The fourth-order valence-corrected chi connectivity index (χ4v) is 4.28. The summed E-state index contributed by atoms with van der Waals surface area (Å²) < 4.78 is 32.8. The largest absolute Gasteiger partial charge is 0.367 e. The van der Waals surface area contributed by atoms with Crippen molar-refractivity contribution in [3.8, 4) is 0 Å². The molecule has 2 N–H and O–H groups in total. The number of hydrogen-bond acceptors (Lipinski definition) is 5. The van der Waals surface area contributed by atoms with Crippen LogP contribution in [0, 0.1) is 0 Å². The minimum Gasteiger partial charge on any atom is -0.367 e. The van der Waals surface area contributed by atoms with E-state index in [1.165, 1.54) is 11.5 Å². The molecule has 0 aliphatic heterocycles. The van der Waals surface area contributed by atoms with Crippen molar-refractivity contribution >= 4 is 37.5 Å². The molecule has 3 aromatic rings. The molecule has 1 aromatic heterocycles. The molecule has 0 radical (unpaired) electrons. The molecule has 25 heavy (non-hydrogen) atoms. The third-order valence-corrected chi connectivity index (χ3v) is 6.25. The van der Waals surface area contributed by atoms with Crippen LogP contribution in [0.4, 0.5) is 5.82 Å². The van der Waals surface area contributed by atoms with Crippen LogP contribution in [0.1, 0.15) is 25.3 Å². The summed E-state index contributed by atoms with van der Waals surface area (Å²) in [4.78, 5) is 0.288. The van der Waals surface area contributed by atoms with Crippen LogP contribution < -0.4 is 10.0 Å². The Morgan fingerprint density at radius 2 is 1.76 bits per heavy atom. The zero-order chi connectivity index (χ0) is 17.9. The van der Waals surface area contributed by atoms with Gasteiger partial charge in [-0.05, 0) is 47.3 Å². The van der Waals surface area contributed by atoms with E-state index in [1.54, 1.807) is 12.1 Å². The number of anilines is 1. The molecule has 0 atom stereocenters. The van der Waals surface area contributed by atoms with Gasteiger partial charge >= 0.3 is 0 Å². The normalized spacial score (nSPS) is 12.0. The SMILES string of the molecule is CC(C)c1ccc(S(=O)(=O)NCCNc2nsc3ccccc23)cc1. The highest BCUT2D eigenvalue weighted by atomic mass is 32.2. The van der Waals surface area contributed by atoms with Gasteiger partial charge in [-0.25, -0.2) is 13.1 Å². The molecule has 0 aliphatic carbocycles. The highest BCUT2D eigenvalue weighted by Crippen LogP contribution is 2.25. The van der Waals surface area contributed by atoms with E-state index in [2.05, 4.69) is 28.3 Å². The number of hydrogen-bond donors (Lipinski definition) is 2. The Kier molecular flexibility index (Phi) is 5.36. The molecular formula is C18H21N3O2S2. The maximum Gasteiger partial charge on any atom is 0.240 e. The van der Waals surface area contributed by atoms with Crippen LogP contribution in [0.5, 0.6) is 0 Å². The van der Waals surface area contributed by atoms with Gasteiger partial charge in [0, 0.05) is 18.5 Å². The number of sulfonamides is 1. The quantitative estimate of drug-likeness (QED) is 0.616. The number of nitrogens with one attached hydrogen (secondary N) is 2. The van der Waals surface area contributed by atoms with Crippen LogP contribution in [0.2, 0.25) is 0 Å². The van der Waals surface area contributed by atoms with E-state index in [1.807, 2.05) is 36.4 Å². The molecule has 2 aromatic carbocycles. The lowest BCUT2D eigenvalue weighted by Crippen LogP contribution is -2.29. The molecule has 0 saturated carbocycles. The van der Waals surface area contributed by atoms with E-state index in [9.17, 15) is 8.42 Å². The van der Waals surface area contributed by atoms with Crippen molar-refractivity contribution in [2.24, 2.45) is 0 Å².